The van der Waals surface area contributed by atoms with Gasteiger partial charge in [-0.05, 0) is 30.0 Å². The minimum absolute atomic E-state index is 0.0950. The zero-order chi connectivity index (χ0) is 19.3. The molecule has 0 aliphatic rings. The summed E-state index contributed by atoms with van der Waals surface area (Å²) in [5.41, 5.74) is 0.843. The maximum absolute atomic E-state index is 12.7. The van der Waals surface area contributed by atoms with Gasteiger partial charge in [0.25, 0.3) is 5.91 Å². The Labute approximate surface area is 170 Å². The molecule has 0 spiro atoms. The van der Waals surface area contributed by atoms with Crippen molar-refractivity contribution in [1.29, 1.82) is 0 Å². The molecule has 0 aliphatic carbocycles. The first-order valence-electron chi connectivity index (χ1n) is 8.94. The Morgan fingerprint density at radius 1 is 1.14 bits per heavy atom. The van der Waals surface area contributed by atoms with Crippen molar-refractivity contribution in [2.45, 2.75) is 26.2 Å². The summed E-state index contributed by atoms with van der Waals surface area (Å²) in [5, 5.41) is 18.7. The van der Waals surface area contributed by atoms with Crippen LogP contribution in [0, 0.1) is 0 Å². The third kappa shape index (κ3) is 4.00. The van der Waals surface area contributed by atoms with E-state index in [1.807, 2.05) is 47.8 Å². The van der Waals surface area contributed by atoms with E-state index in [4.69, 9.17) is 0 Å². The van der Waals surface area contributed by atoms with Crippen molar-refractivity contribution < 1.29 is 4.79 Å². The number of aromatic nitrogens is 5. The molecule has 0 bridgehead atoms. The normalized spacial score (nSPS) is 10.9. The summed E-state index contributed by atoms with van der Waals surface area (Å²) in [6, 6.07) is 13.5. The van der Waals surface area contributed by atoms with Gasteiger partial charge in [-0.3, -0.25) is 10.1 Å². The first kappa shape index (κ1) is 18.5. The number of carbonyl (C=O) groups excluding carboxylic acids is 1. The molecule has 1 aromatic carbocycles. The molecule has 9 heteroatoms. The number of aryl methyl sites for hydroxylation is 1. The lowest BCUT2D eigenvalue weighted by atomic mass is 10.3. The molecule has 0 radical (unpaired) electrons. The van der Waals surface area contributed by atoms with Crippen molar-refractivity contribution in [3.8, 4) is 16.4 Å². The smallest absolute Gasteiger partial charge is 0.294 e. The fourth-order valence-corrected chi connectivity index (χ4v) is 4.08. The number of hydrogen-bond donors (Lipinski definition) is 1. The van der Waals surface area contributed by atoms with Crippen LogP contribution >= 0.6 is 22.7 Å². The van der Waals surface area contributed by atoms with Gasteiger partial charge in [0, 0.05) is 6.42 Å². The number of benzene rings is 1. The van der Waals surface area contributed by atoms with E-state index in [2.05, 4.69) is 32.5 Å². The Morgan fingerprint density at radius 3 is 2.75 bits per heavy atom. The zero-order valence-corrected chi connectivity index (χ0v) is 16.8. The molecular formula is C19H18N6OS2. The van der Waals surface area contributed by atoms with Gasteiger partial charge < -0.3 is 0 Å². The standard InChI is InChI=1S/C19H18N6OS2/c1-2-3-11-15-22-23-19(28-15)21-18(26)16-20-17(14-10-7-12-27-14)25(24-16)13-8-5-4-6-9-13/h4-10,12H,2-3,11H2,1H3,(H,21,23,26). The fourth-order valence-electron chi connectivity index (χ4n) is 2.61. The van der Waals surface area contributed by atoms with Crippen LogP contribution in [0.2, 0.25) is 0 Å². The maximum atomic E-state index is 12.7. The number of anilines is 1. The van der Waals surface area contributed by atoms with E-state index in [9.17, 15) is 4.79 Å². The third-order valence-electron chi connectivity index (χ3n) is 3.98. The molecule has 3 heterocycles. The van der Waals surface area contributed by atoms with Gasteiger partial charge in [0.15, 0.2) is 5.82 Å². The van der Waals surface area contributed by atoms with E-state index < -0.39 is 5.91 Å². The number of amides is 1. The summed E-state index contributed by atoms with van der Waals surface area (Å²) in [6.45, 7) is 2.13. The summed E-state index contributed by atoms with van der Waals surface area (Å²) in [7, 11) is 0. The Balaban J connectivity index is 1.61. The van der Waals surface area contributed by atoms with Gasteiger partial charge in [-0.1, -0.05) is 48.9 Å². The number of nitrogens with zero attached hydrogens (tertiary/aromatic N) is 5. The highest BCUT2D eigenvalue weighted by Crippen LogP contribution is 2.26. The van der Waals surface area contributed by atoms with Crippen LogP contribution in [-0.2, 0) is 6.42 Å². The highest BCUT2D eigenvalue weighted by Gasteiger charge is 2.20. The van der Waals surface area contributed by atoms with Crippen LogP contribution < -0.4 is 5.32 Å². The lowest BCUT2D eigenvalue weighted by molar-refractivity contribution is 0.101. The van der Waals surface area contributed by atoms with E-state index >= 15 is 0 Å². The Bertz CT molecular complexity index is 1060. The van der Waals surface area contributed by atoms with Crippen molar-refractivity contribution in [3.05, 3.63) is 58.7 Å². The molecule has 0 aliphatic heterocycles. The predicted octanol–water partition coefficient (Wildman–Crippen LogP) is 4.44. The number of unbranched alkanes of at least 4 members (excludes halogenated alkanes) is 1. The number of thiophene rings is 1. The van der Waals surface area contributed by atoms with E-state index in [0.717, 1.165) is 34.8 Å². The molecule has 28 heavy (non-hydrogen) atoms. The lowest BCUT2D eigenvalue weighted by Gasteiger charge is -2.03. The zero-order valence-electron chi connectivity index (χ0n) is 15.2. The average molecular weight is 411 g/mol. The van der Waals surface area contributed by atoms with Crippen LogP contribution in [0.4, 0.5) is 5.13 Å². The predicted molar refractivity (Wildman–Crippen MR) is 111 cm³/mol. The first-order chi connectivity index (χ1) is 13.7. The van der Waals surface area contributed by atoms with Crippen molar-refractivity contribution in [1.82, 2.24) is 25.0 Å². The van der Waals surface area contributed by atoms with E-state index in [1.54, 1.807) is 16.0 Å². The molecule has 1 N–H and O–H groups in total. The summed E-state index contributed by atoms with van der Waals surface area (Å²) in [6.07, 6.45) is 3.01. The molecule has 3 aromatic heterocycles. The van der Waals surface area contributed by atoms with Crippen molar-refractivity contribution in [2.24, 2.45) is 0 Å². The number of carbonyl (C=O) groups is 1. The molecule has 0 atom stereocenters. The molecule has 142 valence electrons. The van der Waals surface area contributed by atoms with Crippen LogP contribution in [0.3, 0.4) is 0 Å². The van der Waals surface area contributed by atoms with Gasteiger partial charge in [-0.2, -0.15) is 0 Å². The van der Waals surface area contributed by atoms with Crippen molar-refractivity contribution in [3.63, 3.8) is 0 Å². The summed E-state index contributed by atoms with van der Waals surface area (Å²) >= 11 is 2.94. The Hall–Kier alpha value is -2.91. The summed E-state index contributed by atoms with van der Waals surface area (Å²) in [4.78, 5) is 18.1. The van der Waals surface area contributed by atoms with Gasteiger partial charge >= 0.3 is 0 Å². The monoisotopic (exact) mass is 410 g/mol. The fraction of sp³-hybridized carbons (Fsp3) is 0.211. The summed E-state index contributed by atoms with van der Waals surface area (Å²) in [5.74, 6) is 0.329. The number of hydrogen-bond acceptors (Lipinski definition) is 7. The molecule has 0 saturated heterocycles. The van der Waals surface area contributed by atoms with Gasteiger partial charge in [0.05, 0.1) is 10.6 Å². The molecule has 7 nitrogen and oxygen atoms in total. The van der Waals surface area contributed by atoms with Crippen molar-refractivity contribution in [2.75, 3.05) is 5.32 Å². The number of nitrogens with one attached hydrogen (secondary N) is 1. The van der Waals surface area contributed by atoms with Crippen LogP contribution in [0.25, 0.3) is 16.4 Å². The first-order valence-corrected chi connectivity index (χ1v) is 10.6. The summed E-state index contributed by atoms with van der Waals surface area (Å²) < 4.78 is 1.69. The van der Waals surface area contributed by atoms with Crippen LogP contribution in [-0.4, -0.2) is 30.9 Å². The largest absolute Gasteiger partial charge is 0.297 e. The third-order valence-corrected chi connectivity index (χ3v) is 5.75. The highest BCUT2D eigenvalue weighted by molar-refractivity contribution is 7.15. The van der Waals surface area contributed by atoms with E-state index in [-0.39, 0.29) is 5.82 Å². The SMILES string of the molecule is CCCCc1nnc(NC(=O)c2nc(-c3cccs3)n(-c3ccccc3)n2)s1. The molecule has 4 aromatic rings. The van der Waals surface area contributed by atoms with Crippen LogP contribution in [0.15, 0.2) is 47.8 Å². The van der Waals surface area contributed by atoms with E-state index in [0.29, 0.717) is 11.0 Å². The van der Waals surface area contributed by atoms with Crippen LogP contribution in [0.1, 0.15) is 35.4 Å². The van der Waals surface area contributed by atoms with Crippen molar-refractivity contribution >= 4 is 33.7 Å². The molecule has 0 fully saturated rings. The van der Waals surface area contributed by atoms with E-state index in [1.165, 1.54) is 11.3 Å². The molecular weight excluding hydrogens is 392 g/mol. The van der Waals surface area contributed by atoms with Crippen LogP contribution in [0.5, 0.6) is 0 Å². The molecule has 4 rings (SSSR count). The maximum Gasteiger partial charge on any atom is 0.297 e. The molecule has 0 saturated carbocycles. The van der Waals surface area contributed by atoms with Gasteiger partial charge in [0.1, 0.15) is 5.01 Å². The quantitative estimate of drug-likeness (QED) is 0.487. The van der Waals surface area contributed by atoms with Gasteiger partial charge in [-0.25, -0.2) is 9.67 Å². The van der Waals surface area contributed by atoms with Gasteiger partial charge in [0.2, 0.25) is 11.0 Å². The Kier molecular flexibility index (Phi) is 5.54. The number of para-hydroxylation sites is 1. The second-order valence-electron chi connectivity index (χ2n) is 6.04. The highest BCUT2D eigenvalue weighted by atomic mass is 32.1. The van der Waals surface area contributed by atoms with Gasteiger partial charge in [-0.15, -0.1) is 26.6 Å². The second-order valence-corrected chi connectivity index (χ2v) is 8.05. The Morgan fingerprint density at radius 2 is 2.00 bits per heavy atom. The molecule has 1 amide bonds. The number of rotatable bonds is 7. The lowest BCUT2D eigenvalue weighted by Crippen LogP contribution is -2.14. The minimum Gasteiger partial charge on any atom is -0.294 e. The minimum atomic E-state index is -0.398. The topological polar surface area (TPSA) is 85.6 Å². The average Bonchev–Trinajstić information content (AvgIpc) is 3.47. The second kappa shape index (κ2) is 8.41. The molecule has 0 unspecified atom stereocenters.